The number of hydrogen-bond acceptors (Lipinski definition) is 5. The summed E-state index contributed by atoms with van der Waals surface area (Å²) in [6, 6.07) is 0. The van der Waals surface area contributed by atoms with Gasteiger partial charge in [-0.15, -0.1) is 0 Å². The molecule has 0 heterocycles. The first-order valence-electron chi connectivity index (χ1n) is 6.15. The van der Waals surface area contributed by atoms with Crippen molar-refractivity contribution in [2.45, 2.75) is 33.1 Å². The van der Waals surface area contributed by atoms with Crippen LogP contribution in [0.1, 0.15) is 33.1 Å². The Balaban J connectivity index is 2.47. The smallest absolute Gasteiger partial charge is 0.316 e. The molecule has 5 nitrogen and oxygen atoms in total. The normalized spacial score (nSPS) is 24.7. The minimum absolute atomic E-state index is 0.0746. The molecule has 0 aromatic heterocycles. The maximum atomic E-state index is 12.0. The molecule has 1 fully saturated rings. The molecule has 0 radical (unpaired) electrons. The van der Waals surface area contributed by atoms with E-state index in [4.69, 9.17) is 14.5 Å². The van der Waals surface area contributed by atoms with Gasteiger partial charge in [0, 0.05) is 5.92 Å². The zero-order valence-corrected chi connectivity index (χ0v) is 10.4. The van der Waals surface area contributed by atoms with Crippen LogP contribution in [0.5, 0.6) is 0 Å². The molecule has 1 aliphatic carbocycles. The number of rotatable bonds is 6. The summed E-state index contributed by atoms with van der Waals surface area (Å²) in [5.74, 6) is -1.34. The first kappa shape index (κ1) is 14.1. The molecule has 0 spiro atoms. The Morgan fingerprint density at radius 2 is 2.00 bits per heavy atom. The summed E-state index contributed by atoms with van der Waals surface area (Å²) >= 11 is 0. The molecule has 0 aromatic rings. The first-order valence-corrected chi connectivity index (χ1v) is 6.15. The highest BCUT2D eigenvalue weighted by Crippen LogP contribution is 2.27. The summed E-state index contributed by atoms with van der Waals surface area (Å²) in [4.78, 5) is 33.2. The molecule has 0 bridgehead atoms. The lowest BCUT2D eigenvalue weighted by Gasteiger charge is -2.25. The monoisotopic (exact) mass is 244 g/mol. The number of Topliss-reactive ketones (excluding diaryl/α,β-unsaturated/α-hetero) is 1. The van der Waals surface area contributed by atoms with Gasteiger partial charge in [0.2, 0.25) is 0 Å². The zero-order valence-electron chi connectivity index (χ0n) is 10.4. The molecule has 98 valence electrons. The molecule has 0 N–H and O–H groups in total. The summed E-state index contributed by atoms with van der Waals surface area (Å²) in [7, 11) is 0. The van der Waals surface area contributed by atoms with Crippen LogP contribution in [-0.2, 0) is 24.1 Å². The molecule has 5 heteroatoms. The number of carbonyl (C=O) groups is 2. The molecule has 1 aliphatic rings. The molecule has 0 aromatic carbocycles. The summed E-state index contributed by atoms with van der Waals surface area (Å²) in [6.07, 6.45) is 2.18. The van der Waals surface area contributed by atoms with Gasteiger partial charge >= 0.3 is 5.97 Å². The van der Waals surface area contributed by atoms with Gasteiger partial charge in [-0.25, -0.2) is 9.78 Å². The quantitative estimate of drug-likeness (QED) is 0.233. The van der Waals surface area contributed by atoms with E-state index in [9.17, 15) is 9.59 Å². The molecule has 1 saturated carbocycles. The third-order valence-corrected chi connectivity index (χ3v) is 2.83. The Morgan fingerprint density at radius 1 is 1.24 bits per heavy atom. The molecular weight excluding hydrogens is 224 g/mol. The maximum Gasteiger partial charge on any atom is 0.316 e. The molecule has 17 heavy (non-hydrogen) atoms. The van der Waals surface area contributed by atoms with E-state index in [-0.39, 0.29) is 18.3 Å². The van der Waals surface area contributed by atoms with E-state index in [2.05, 4.69) is 0 Å². The van der Waals surface area contributed by atoms with Crippen molar-refractivity contribution in [3.63, 3.8) is 0 Å². The van der Waals surface area contributed by atoms with Gasteiger partial charge in [-0.1, -0.05) is 6.42 Å². The highest BCUT2D eigenvalue weighted by Gasteiger charge is 2.36. The molecule has 1 rings (SSSR count). The average Bonchev–Trinajstić information content (AvgIpc) is 2.32. The Bertz CT molecular complexity index is 264. The van der Waals surface area contributed by atoms with Gasteiger partial charge < -0.3 is 4.74 Å². The van der Waals surface area contributed by atoms with Crippen molar-refractivity contribution in [2.24, 2.45) is 11.8 Å². The lowest BCUT2D eigenvalue weighted by molar-refractivity contribution is -0.297. The van der Waals surface area contributed by atoms with E-state index in [0.717, 1.165) is 12.8 Å². The van der Waals surface area contributed by atoms with Gasteiger partial charge in [0.15, 0.2) is 5.78 Å². The molecule has 0 aliphatic heterocycles. The minimum Gasteiger partial charge on any atom is -0.465 e. The van der Waals surface area contributed by atoms with Gasteiger partial charge in [0.05, 0.1) is 19.8 Å². The Labute approximate surface area is 101 Å². The van der Waals surface area contributed by atoms with Gasteiger partial charge in [0.1, 0.15) is 5.92 Å². The van der Waals surface area contributed by atoms with Crippen molar-refractivity contribution < 1.29 is 24.1 Å². The lowest BCUT2D eigenvalue weighted by atomic mass is 9.80. The number of carbonyl (C=O) groups excluding carboxylic acids is 2. The zero-order chi connectivity index (χ0) is 12.7. The van der Waals surface area contributed by atoms with Gasteiger partial charge in [-0.3, -0.25) is 9.59 Å². The third kappa shape index (κ3) is 4.09. The van der Waals surface area contributed by atoms with Crippen LogP contribution in [0, 0.1) is 11.8 Å². The van der Waals surface area contributed by atoms with E-state index in [1.54, 1.807) is 6.92 Å². The van der Waals surface area contributed by atoms with Crippen LogP contribution >= 0.6 is 0 Å². The third-order valence-electron chi connectivity index (χ3n) is 2.83. The van der Waals surface area contributed by atoms with Crippen molar-refractivity contribution in [3.05, 3.63) is 0 Å². The first-order chi connectivity index (χ1) is 8.20. The van der Waals surface area contributed by atoms with Crippen molar-refractivity contribution in [3.8, 4) is 0 Å². The second-order valence-electron chi connectivity index (χ2n) is 4.03. The molecule has 0 saturated heterocycles. The lowest BCUT2D eigenvalue weighted by Crippen LogP contribution is -2.37. The van der Waals surface area contributed by atoms with Crippen LogP contribution in [-0.4, -0.2) is 31.6 Å². The topological polar surface area (TPSA) is 61.8 Å². The summed E-state index contributed by atoms with van der Waals surface area (Å²) < 4.78 is 4.89. The van der Waals surface area contributed by atoms with Gasteiger partial charge in [0.25, 0.3) is 0 Å². The number of esters is 1. The molecule has 2 unspecified atom stereocenters. The molecule has 0 amide bonds. The van der Waals surface area contributed by atoms with Gasteiger partial charge in [-0.05, 0) is 26.7 Å². The van der Waals surface area contributed by atoms with Crippen LogP contribution < -0.4 is 0 Å². The molecular formula is C12H20O5. The number of ketones is 1. The summed E-state index contributed by atoms with van der Waals surface area (Å²) in [5, 5.41) is 0. The predicted molar refractivity (Wildman–Crippen MR) is 60.0 cm³/mol. The maximum absolute atomic E-state index is 12.0. The minimum atomic E-state index is -0.612. The summed E-state index contributed by atoms with van der Waals surface area (Å²) in [6.45, 7) is 4.53. The van der Waals surface area contributed by atoms with Crippen molar-refractivity contribution in [1.82, 2.24) is 0 Å². The fourth-order valence-corrected chi connectivity index (χ4v) is 1.99. The Kier molecular flexibility index (Phi) is 6.15. The van der Waals surface area contributed by atoms with Crippen molar-refractivity contribution in [1.29, 1.82) is 0 Å². The fourth-order valence-electron chi connectivity index (χ4n) is 1.99. The van der Waals surface area contributed by atoms with E-state index in [1.165, 1.54) is 0 Å². The predicted octanol–water partition coefficient (Wildman–Crippen LogP) is 1.50. The SMILES string of the molecule is CCOOCC1CCCC(C(=O)OCC)C1=O. The Hall–Kier alpha value is -0.940. The van der Waals surface area contributed by atoms with Crippen LogP contribution in [0.25, 0.3) is 0 Å². The van der Waals surface area contributed by atoms with E-state index < -0.39 is 11.9 Å². The highest BCUT2D eigenvalue weighted by atomic mass is 17.2. The second kappa shape index (κ2) is 7.40. The van der Waals surface area contributed by atoms with Gasteiger partial charge in [-0.2, -0.15) is 0 Å². The van der Waals surface area contributed by atoms with Crippen LogP contribution in [0.4, 0.5) is 0 Å². The van der Waals surface area contributed by atoms with Crippen LogP contribution in [0.3, 0.4) is 0 Å². The Morgan fingerprint density at radius 3 is 2.65 bits per heavy atom. The van der Waals surface area contributed by atoms with Crippen molar-refractivity contribution >= 4 is 11.8 Å². The second-order valence-corrected chi connectivity index (χ2v) is 4.03. The standard InChI is InChI=1S/C12H20O5/c1-3-15-12(14)10-7-5-6-9(11(10)13)8-17-16-4-2/h9-10H,3-8H2,1-2H3. The molecule has 2 atom stereocenters. The van der Waals surface area contributed by atoms with Crippen LogP contribution in [0.2, 0.25) is 0 Å². The average molecular weight is 244 g/mol. The fraction of sp³-hybridized carbons (Fsp3) is 0.833. The summed E-state index contributed by atoms with van der Waals surface area (Å²) in [5.41, 5.74) is 0. The van der Waals surface area contributed by atoms with E-state index in [0.29, 0.717) is 19.6 Å². The highest BCUT2D eigenvalue weighted by molar-refractivity contribution is 6.00. The van der Waals surface area contributed by atoms with E-state index >= 15 is 0 Å². The van der Waals surface area contributed by atoms with Crippen LogP contribution in [0.15, 0.2) is 0 Å². The largest absolute Gasteiger partial charge is 0.465 e. The number of hydrogen-bond donors (Lipinski definition) is 0. The van der Waals surface area contributed by atoms with Crippen molar-refractivity contribution in [2.75, 3.05) is 19.8 Å². The van der Waals surface area contributed by atoms with E-state index in [1.807, 2.05) is 6.92 Å². The number of ether oxygens (including phenoxy) is 1.